The number of urea groups is 1. The van der Waals surface area contributed by atoms with Crippen molar-refractivity contribution in [3.8, 4) is 0 Å². The number of benzene rings is 1. The fourth-order valence-corrected chi connectivity index (χ4v) is 1.62. The Balaban J connectivity index is 2.45. The summed E-state index contributed by atoms with van der Waals surface area (Å²) in [7, 11) is 0. The monoisotopic (exact) mass is 218 g/mol. The highest BCUT2D eigenvalue weighted by atomic mass is 16.2. The number of anilines is 1. The van der Waals surface area contributed by atoms with E-state index in [0.29, 0.717) is 12.2 Å². The predicted molar refractivity (Wildman–Crippen MR) is 57.3 cm³/mol. The SMILES string of the molecule is CCNC(=O)N1C(=O)C(=O)c2ccccc21. The van der Waals surface area contributed by atoms with Crippen LogP contribution in [0.5, 0.6) is 0 Å². The molecule has 1 aromatic rings. The van der Waals surface area contributed by atoms with Crippen molar-refractivity contribution in [3.05, 3.63) is 29.8 Å². The molecule has 0 bridgehead atoms. The highest BCUT2D eigenvalue weighted by molar-refractivity contribution is 6.56. The molecule has 5 nitrogen and oxygen atoms in total. The Hall–Kier alpha value is -2.17. The van der Waals surface area contributed by atoms with E-state index in [9.17, 15) is 14.4 Å². The molecule has 0 saturated heterocycles. The molecular weight excluding hydrogens is 208 g/mol. The van der Waals surface area contributed by atoms with Gasteiger partial charge in [0.1, 0.15) is 0 Å². The van der Waals surface area contributed by atoms with Crippen molar-refractivity contribution in [2.45, 2.75) is 6.92 Å². The van der Waals surface area contributed by atoms with Crippen molar-refractivity contribution in [1.29, 1.82) is 0 Å². The first-order valence-corrected chi connectivity index (χ1v) is 4.92. The number of carbonyl (C=O) groups is 3. The summed E-state index contributed by atoms with van der Waals surface area (Å²) in [4.78, 5) is 35.6. The number of Topliss-reactive ketones (excluding diaryl/α,β-unsaturated/α-hetero) is 1. The van der Waals surface area contributed by atoms with Crippen LogP contribution in [0.1, 0.15) is 17.3 Å². The predicted octanol–water partition coefficient (Wildman–Crippen LogP) is 0.945. The Morgan fingerprint density at radius 3 is 2.69 bits per heavy atom. The van der Waals surface area contributed by atoms with Crippen LogP contribution in [-0.4, -0.2) is 24.3 Å². The molecule has 2 rings (SSSR count). The number of carbonyl (C=O) groups excluding carboxylic acids is 3. The van der Waals surface area contributed by atoms with Crippen LogP contribution in [0.2, 0.25) is 0 Å². The molecule has 0 fully saturated rings. The summed E-state index contributed by atoms with van der Waals surface area (Å²) in [6, 6.07) is 5.88. The molecule has 0 aromatic heterocycles. The van der Waals surface area contributed by atoms with Crippen LogP contribution >= 0.6 is 0 Å². The number of hydrogen-bond acceptors (Lipinski definition) is 3. The van der Waals surface area contributed by atoms with E-state index in [1.165, 1.54) is 6.07 Å². The second-order valence-electron chi connectivity index (χ2n) is 3.32. The maximum atomic E-state index is 11.6. The Morgan fingerprint density at radius 1 is 1.31 bits per heavy atom. The first-order valence-electron chi connectivity index (χ1n) is 4.92. The van der Waals surface area contributed by atoms with E-state index >= 15 is 0 Å². The van der Waals surface area contributed by atoms with E-state index in [4.69, 9.17) is 0 Å². The lowest BCUT2D eigenvalue weighted by atomic mass is 10.1. The third-order valence-electron chi connectivity index (χ3n) is 2.32. The normalized spacial score (nSPS) is 13.9. The van der Waals surface area contributed by atoms with Gasteiger partial charge in [-0.05, 0) is 19.1 Å². The van der Waals surface area contributed by atoms with Crippen LogP contribution in [0, 0.1) is 0 Å². The summed E-state index contributed by atoms with van der Waals surface area (Å²) in [5, 5.41) is 2.49. The molecule has 0 aliphatic carbocycles. The summed E-state index contributed by atoms with van der Waals surface area (Å²) in [6.45, 7) is 2.14. The van der Waals surface area contributed by atoms with Gasteiger partial charge in [0.25, 0.3) is 5.78 Å². The topological polar surface area (TPSA) is 66.5 Å². The molecule has 0 radical (unpaired) electrons. The van der Waals surface area contributed by atoms with Gasteiger partial charge < -0.3 is 5.32 Å². The lowest BCUT2D eigenvalue weighted by molar-refractivity contribution is -0.113. The van der Waals surface area contributed by atoms with Gasteiger partial charge in [-0.15, -0.1) is 0 Å². The van der Waals surface area contributed by atoms with E-state index in [0.717, 1.165) is 4.90 Å². The zero-order chi connectivity index (χ0) is 11.7. The van der Waals surface area contributed by atoms with Crippen LogP contribution in [0.4, 0.5) is 10.5 Å². The Bertz CT molecular complexity index is 482. The molecule has 0 unspecified atom stereocenters. The fraction of sp³-hybridized carbons (Fsp3) is 0.182. The lowest BCUT2D eigenvalue weighted by Gasteiger charge is -2.14. The van der Waals surface area contributed by atoms with Crippen molar-refractivity contribution >= 4 is 23.4 Å². The maximum Gasteiger partial charge on any atom is 0.329 e. The second kappa shape index (κ2) is 3.77. The number of amides is 3. The van der Waals surface area contributed by atoms with Crippen molar-refractivity contribution in [3.63, 3.8) is 0 Å². The second-order valence-corrected chi connectivity index (χ2v) is 3.32. The average Bonchev–Trinajstić information content (AvgIpc) is 2.53. The summed E-state index contributed by atoms with van der Waals surface area (Å²) in [5.74, 6) is -1.44. The number of hydrogen-bond donors (Lipinski definition) is 1. The highest BCUT2D eigenvalue weighted by Gasteiger charge is 2.39. The molecule has 1 aliphatic rings. The van der Waals surface area contributed by atoms with Crippen molar-refractivity contribution in [2.24, 2.45) is 0 Å². The molecule has 3 amide bonds. The largest absolute Gasteiger partial charge is 0.338 e. The highest BCUT2D eigenvalue weighted by Crippen LogP contribution is 2.28. The molecular formula is C11H10N2O3. The lowest BCUT2D eigenvalue weighted by Crippen LogP contribution is -2.43. The summed E-state index contributed by atoms with van der Waals surface area (Å²) in [6.07, 6.45) is 0. The van der Waals surface area contributed by atoms with E-state index < -0.39 is 17.7 Å². The molecule has 0 saturated carbocycles. The van der Waals surface area contributed by atoms with Crippen molar-refractivity contribution in [1.82, 2.24) is 5.32 Å². The Kier molecular flexibility index (Phi) is 2.44. The summed E-state index contributed by atoms with van der Waals surface area (Å²) >= 11 is 0. The minimum Gasteiger partial charge on any atom is -0.338 e. The van der Waals surface area contributed by atoms with Gasteiger partial charge in [-0.25, -0.2) is 9.69 Å². The number of nitrogens with one attached hydrogen (secondary N) is 1. The minimum atomic E-state index is -0.799. The van der Waals surface area contributed by atoms with Gasteiger partial charge in [-0.1, -0.05) is 12.1 Å². The van der Waals surface area contributed by atoms with Gasteiger partial charge in [0.2, 0.25) is 0 Å². The number of nitrogens with zero attached hydrogens (tertiary/aromatic N) is 1. The van der Waals surface area contributed by atoms with Gasteiger partial charge in [-0.2, -0.15) is 0 Å². The quantitative estimate of drug-likeness (QED) is 0.713. The number of rotatable bonds is 1. The molecule has 82 valence electrons. The van der Waals surface area contributed by atoms with Gasteiger partial charge >= 0.3 is 11.9 Å². The van der Waals surface area contributed by atoms with Crippen molar-refractivity contribution < 1.29 is 14.4 Å². The van der Waals surface area contributed by atoms with Gasteiger partial charge in [-0.3, -0.25) is 9.59 Å². The molecule has 1 heterocycles. The number of ketones is 1. The molecule has 1 aromatic carbocycles. The van der Waals surface area contributed by atoms with Crippen LogP contribution in [0.3, 0.4) is 0 Å². The number of para-hydroxylation sites is 1. The smallest absolute Gasteiger partial charge is 0.329 e. The standard InChI is InChI=1S/C11H10N2O3/c1-2-12-11(16)13-8-6-4-3-5-7(8)9(14)10(13)15/h3-6H,2H2,1H3,(H,12,16). The van der Waals surface area contributed by atoms with E-state index in [1.54, 1.807) is 25.1 Å². The molecule has 0 spiro atoms. The van der Waals surface area contributed by atoms with Crippen LogP contribution in [0.15, 0.2) is 24.3 Å². The number of imide groups is 1. The van der Waals surface area contributed by atoms with E-state index in [2.05, 4.69) is 5.32 Å². The fourth-order valence-electron chi connectivity index (χ4n) is 1.62. The number of fused-ring (bicyclic) bond motifs is 1. The van der Waals surface area contributed by atoms with E-state index in [1.807, 2.05) is 0 Å². The van der Waals surface area contributed by atoms with Crippen LogP contribution < -0.4 is 10.2 Å². The maximum absolute atomic E-state index is 11.6. The first kappa shape index (κ1) is 10.4. The summed E-state index contributed by atoms with van der Waals surface area (Å²) in [5.41, 5.74) is 0.627. The van der Waals surface area contributed by atoms with Crippen molar-refractivity contribution in [2.75, 3.05) is 11.4 Å². The van der Waals surface area contributed by atoms with Gasteiger partial charge in [0.05, 0.1) is 11.3 Å². The van der Waals surface area contributed by atoms with Gasteiger partial charge in [0.15, 0.2) is 0 Å². The molecule has 16 heavy (non-hydrogen) atoms. The Labute approximate surface area is 92.0 Å². The zero-order valence-electron chi connectivity index (χ0n) is 8.69. The third kappa shape index (κ3) is 1.37. The van der Waals surface area contributed by atoms with Crippen LogP contribution in [-0.2, 0) is 4.79 Å². The average molecular weight is 218 g/mol. The molecule has 0 atom stereocenters. The van der Waals surface area contributed by atoms with E-state index in [-0.39, 0.29) is 5.56 Å². The Morgan fingerprint density at radius 2 is 2.00 bits per heavy atom. The summed E-state index contributed by atoms with van der Waals surface area (Å²) < 4.78 is 0. The molecule has 1 N–H and O–H groups in total. The third-order valence-corrected chi connectivity index (χ3v) is 2.32. The van der Waals surface area contributed by atoms with Crippen LogP contribution in [0.25, 0.3) is 0 Å². The molecule has 1 aliphatic heterocycles. The molecule has 5 heteroatoms. The van der Waals surface area contributed by atoms with Gasteiger partial charge in [0, 0.05) is 6.54 Å². The first-order chi connectivity index (χ1) is 7.66. The zero-order valence-corrected chi connectivity index (χ0v) is 8.69. The minimum absolute atomic E-state index is 0.277.